The van der Waals surface area contributed by atoms with Gasteiger partial charge in [-0.15, -0.1) is 0 Å². The summed E-state index contributed by atoms with van der Waals surface area (Å²) in [6.45, 7) is 4.18. The van der Waals surface area contributed by atoms with Gasteiger partial charge in [0, 0.05) is 29.4 Å². The Labute approximate surface area is 159 Å². The Morgan fingerprint density at radius 1 is 0.962 bits per heavy atom. The molecule has 0 bridgehead atoms. The zero-order valence-corrected chi connectivity index (χ0v) is 16.0. The van der Waals surface area contributed by atoms with Crippen molar-refractivity contribution in [2.45, 2.75) is 18.2 Å². The molecular weight excluding hydrogens is 374 g/mol. The number of benzene rings is 2. The van der Waals surface area contributed by atoms with Crippen LogP contribution in [-0.4, -0.2) is 34.0 Å². The second-order valence-corrected chi connectivity index (χ2v) is 7.76. The molecule has 0 aliphatic rings. The van der Waals surface area contributed by atoms with Gasteiger partial charge < -0.3 is 10.6 Å². The number of halogens is 1. The molecule has 0 saturated carbocycles. The standard InChI is InChI=1S/C18H22ClN3O3S/c1-2-11-20-12-13-21-18(23)14-3-9-17(10-4-14)26(24,25)22-16-7-5-15(19)6-8-16/h3-10,20,22H,2,11-13H2,1H3,(H,21,23). The van der Waals surface area contributed by atoms with Crippen molar-refractivity contribution in [3.8, 4) is 0 Å². The van der Waals surface area contributed by atoms with Gasteiger partial charge in [0.05, 0.1) is 4.90 Å². The molecule has 0 aliphatic heterocycles. The third-order valence-electron chi connectivity index (χ3n) is 3.54. The first kappa shape index (κ1) is 20.2. The van der Waals surface area contributed by atoms with E-state index in [-0.39, 0.29) is 10.8 Å². The minimum atomic E-state index is -3.73. The predicted octanol–water partition coefficient (Wildman–Crippen LogP) is 2.87. The molecule has 0 atom stereocenters. The Hall–Kier alpha value is -2.09. The number of rotatable bonds is 9. The average molecular weight is 396 g/mol. The number of hydrogen-bond donors (Lipinski definition) is 3. The molecule has 3 N–H and O–H groups in total. The Morgan fingerprint density at radius 3 is 2.23 bits per heavy atom. The van der Waals surface area contributed by atoms with Crippen molar-refractivity contribution in [2.24, 2.45) is 0 Å². The van der Waals surface area contributed by atoms with Gasteiger partial charge in [0.15, 0.2) is 0 Å². The first-order valence-electron chi connectivity index (χ1n) is 8.30. The maximum atomic E-state index is 12.4. The molecular formula is C18H22ClN3O3S. The highest BCUT2D eigenvalue weighted by Crippen LogP contribution is 2.18. The largest absolute Gasteiger partial charge is 0.351 e. The smallest absolute Gasteiger partial charge is 0.261 e. The molecule has 140 valence electrons. The van der Waals surface area contributed by atoms with E-state index in [0.29, 0.717) is 29.4 Å². The zero-order valence-electron chi connectivity index (χ0n) is 14.5. The van der Waals surface area contributed by atoms with Crippen LogP contribution in [-0.2, 0) is 10.0 Å². The van der Waals surface area contributed by atoms with Crippen LogP contribution in [0.1, 0.15) is 23.7 Å². The van der Waals surface area contributed by atoms with Crippen LogP contribution in [0, 0.1) is 0 Å². The summed E-state index contributed by atoms with van der Waals surface area (Å²) >= 11 is 5.79. The molecule has 0 unspecified atom stereocenters. The summed E-state index contributed by atoms with van der Waals surface area (Å²) in [4.78, 5) is 12.1. The number of sulfonamides is 1. The van der Waals surface area contributed by atoms with E-state index < -0.39 is 10.0 Å². The van der Waals surface area contributed by atoms with E-state index in [9.17, 15) is 13.2 Å². The van der Waals surface area contributed by atoms with Gasteiger partial charge in [-0.2, -0.15) is 0 Å². The SMILES string of the molecule is CCCNCCNC(=O)c1ccc(S(=O)(=O)Nc2ccc(Cl)cc2)cc1. The van der Waals surface area contributed by atoms with E-state index in [1.54, 1.807) is 24.3 Å². The topological polar surface area (TPSA) is 87.3 Å². The molecule has 26 heavy (non-hydrogen) atoms. The summed E-state index contributed by atoms with van der Waals surface area (Å²) < 4.78 is 27.2. The second kappa shape index (κ2) is 9.56. The lowest BCUT2D eigenvalue weighted by molar-refractivity contribution is 0.0954. The first-order valence-corrected chi connectivity index (χ1v) is 10.2. The van der Waals surface area contributed by atoms with Crippen LogP contribution in [0.2, 0.25) is 5.02 Å². The third kappa shape index (κ3) is 6.01. The highest BCUT2D eigenvalue weighted by Gasteiger charge is 2.15. The second-order valence-electron chi connectivity index (χ2n) is 5.64. The molecule has 0 fully saturated rings. The Morgan fingerprint density at radius 2 is 1.62 bits per heavy atom. The van der Waals surface area contributed by atoms with Crippen LogP contribution >= 0.6 is 11.6 Å². The molecule has 0 spiro atoms. The molecule has 8 heteroatoms. The quantitative estimate of drug-likeness (QED) is 0.570. The summed E-state index contributed by atoms with van der Waals surface area (Å²) in [5, 5.41) is 6.49. The molecule has 2 aromatic carbocycles. The van der Waals surface area contributed by atoms with Crippen molar-refractivity contribution in [2.75, 3.05) is 24.4 Å². The van der Waals surface area contributed by atoms with Crippen molar-refractivity contribution in [3.05, 3.63) is 59.1 Å². The summed E-state index contributed by atoms with van der Waals surface area (Å²) in [7, 11) is -3.73. The number of amides is 1. The maximum Gasteiger partial charge on any atom is 0.261 e. The van der Waals surface area contributed by atoms with E-state index in [1.807, 2.05) is 0 Å². The Kier molecular flexibility index (Phi) is 7.44. The molecule has 6 nitrogen and oxygen atoms in total. The van der Waals surface area contributed by atoms with E-state index in [2.05, 4.69) is 22.3 Å². The molecule has 0 heterocycles. The van der Waals surface area contributed by atoms with Gasteiger partial charge in [0.1, 0.15) is 0 Å². The van der Waals surface area contributed by atoms with Crippen LogP contribution in [0.15, 0.2) is 53.4 Å². The first-order chi connectivity index (χ1) is 12.4. The monoisotopic (exact) mass is 395 g/mol. The van der Waals surface area contributed by atoms with Crippen molar-refractivity contribution < 1.29 is 13.2 Å². The lowest BCUT2D eigenvalue weighted by Gasteiger charge is -2.09. The van der Waals surface area contributed by atoms with Gasteiger partial charge in [-0.1, -0.05) is 18.5 Å². The fraction of sp³-hybridized carbons (Fsp3) is 0.278. The lowest BCUT2D eigenvalue weighted by atomic mass is 10.2. The fourth-order valence-electron chi connectivity index (χ4n) is 2.19. The van der Waals surface area contributed by atoms with Crippen LogP contribution in [0.5, 0.6) is 0 Å². The fourth-order valence-corrected chi connectivity index (χ4v) is 3.37. The van der Waals surface area contributed by atoms with Gasteiger partial charge in [0.2, 0.25) is 0 Å². The summed E-state index contributed by atoms with van der Waals surface area (Å²) in [6, 6.07) is 12.1. The maximum absolute atomic E-state index is 12.4. The van der Waals surface area contributed by atoms with Gasteiger partial charge in [-0.05, 0) is 61.5 Å². The molecule has 0 aromatic heterocycles. The number of nitrogens with one attached hydrogen (secondary N) is 3. The van der Waals surface area contributed by atoms with Crippen LogP contribution in [0.4, 0.5) is 5.69 Å². The molecule has 2 rings (SSSR count). The molecule has 0 saturated heterocycles. The lowest BCUT2D eigenvalue weighted by Crippen LogP contribution is -2.32. The minimum absolute atomic E-state index is 0.0774. The van der Waals surface area contributed by atoms with Gasteiger partial charge in [-0.25, -0.2) is 8.42 Å². The van der Waals surface area contributed by atoms with Crippen molar-refractivity contribution in [1.29, 1.82) is 0 Å². The van der Waals surface area contributed by atoms with E-state index in [4.69, 9.17) is 11.6 Å². The van der Waals surface area contributed by atoms with Gasteiger partial charge in [0.25, 0.3) is 15.9 Å². The minimum Gasteiger partial charge on any atom is -0.351 e. The molecule has 0 radical (unpaired) electrons. The van der Waals surface area contributed by atoms with E-state index in [0.717, 1.165) is 13.0 Å². The van der Waals surface area contributed by atoms with Crippen LogP contribution < -0.4 is 15.4 Å². The normalized spacial score (nSPS) is 11.2. The van der Waals surface area contributed by atoms with E-state index in [1.165, 1.54) is 24.3 Å². The molecule has 0 aliphatic carbocycles. The number of carbonyl (C=O) groups excluding carboxylic acids is 1. The molecule has 1 amide bonds. The van der Waals surface area contributed by atoms with Crippen molar-refractivity contribution >= 4 is 33.2 Å². The Balaban J connectivity index is 1.96. The third-order valence-corrected chi connectivity index (χ3v) is 5.19. The van der Waals surface area contributed by atoms with E-state index >= 15 is 0 Å². The van der Waals surface area contributed by atoms with Crippen LogP contribution in [0.3, 0.4) is 0 Å². The highest BCUT2D eigenvalue weighted by molar-refractivity contribution is 7.92. The number of hydrogen-bond acceptors (Lipinski definition) is 4. The predicted molar refractivity (Wildman–Crippen MR) is 104 cm³/mol. The molecule has 2 aromatic rings. The zero-order chi connectivity index (χ0) is 19.0. The van der Waals surface area contributed by atoms with Crippen molar-refractivity contribution in [3.63, 3.8) is 0 Å². The number of anilines is 1. The average Bonchev–Trinajstić information content (AvgIpc) is 2.63. The van der Waals surface area contributed by atoms with Crippen LogP contribution in [0.25, 0.3) is 0 Å². The summed E-state index contributed by atoms with van der Waals surface area (Å²) in [5.41, 5.74) is 0.821. The van der Waals surface area contributed by atoms with Gasteiger partial charge in [-0.3, -0.25) is 9.52 Å². The number of carbonyl (C=O) groups is 1. The summed E-state index contributed by atoms with van der Waals surface area (Å²) in [6.07, 6.45) is 1.04. The van der Waals surface area contributed by atoms with Crippen molar-refractivity contribution in [1.82, 2.24) is 10.6 Å². The summed E-state index contributed by atoms with van der Waals surface area (Å²) in [5.74, 6) is -0.238. The van der Waals surface area contributed by atoms with Gasteiger partial charge >= 0.3 is 0 Å². The Bertz CT molecular complexity index is 822. The highest BCUT2D eigenvalue weighted by atomic mass is 35.5.